The maximum atomic E-state index is 4.51. The average Bonchev–Trinajstić information content (AvgIpc) is 2.73. The van der Waals surface area contributed by atoms with Crippen molar-refractivity contribution in [2.24, 2.45) is 0 Å². The Kier molecular flexibility index (Phi) is 3.11. The fraction of sp³-hybridized carbons (Fsp3) is 0.235. The molecule has 0 aliphatic rings. The molecule has 0 N–H and O–H groups in total. The van der Waals surface area contributed by atoms with Gasteiger partial charge in [-0.25, -0.2) is 4.98 Å². The Morgan fingerprint density at radius 2 is 1.84 bits per heavy atom. The van der Waals surface area contributed by atoms with E-state index in [-0.39, 0.29) is 0 Å². The predicted molar refractivity (Wildman–Crippen MR) is 83.1 cm³/mol. The highest BCUT2D eigenvalue weighted by Crippen LogP contribution is 2.24. The third-order valence-electron chi connectivity index (χ3n) is 3.46. The summed E-state index contributed by atoms with van der Waals surface area (Å²) in [5, 5.41) is 1.14. The van der Waals surface area contributed by atoms with Gasteiger partial charge < -0.3 is 0 Å². The highest BCUT2D eigenvalue weighted by molar-refractivity contribution is 7.18. The molecule has 0 atom stereocenters. The molecule has 0 aliphatic carbocycles. The van der Waals surface area contributed by atoms with E-state index in [4.69, 9.17) is 0 Å². The molecule has 3 rings (SSSR count). The van der Waals surface area contributed by atoms with Gasteiger partial charge in [0.1, 0.15) is 0 Å². The van der Waals surface area contributed by atoms with Crippen LogP contribution in [0, 0.1) is 20.8 Å². The first-order chi connectivity index (χ1) is 9.11. The fourth-order valence-electron chi connectivity index (χ4n) is 2.40. The first-order valence-corrected chi connectivity index (χ1v) is 7.36. The van der Waals surface area contributed by atoms with Crippen molar-refractivity contribution in [2.75, 3.05) is 0 Å². The van der Waals surface area contributed by atoms with Gasteiger partial charge in [0.25, 0.3) is 0 Å². The standard InChI is InChI=1S/C17H17NS/c1-11-4-5-12(2)15(8-11)9-14-6-7-16-17(10-14)19-13(3)18-16/h4-8,10H,9H2,1-3H3. The Morgan fingerprint density at radius 1 is 1.00 bits per heavy atom. The molecule has 2 aromatic carbocycles. The largest absolute Gasteiger partial charge is 0.242 e. The summed E-state index contributed by atoms with van der Waals surface area (Å²) in [4.78, 5) is 4.51. The molecular formula is C17H17NS. The number of fused-ring (bicyclic) bond motifs is 1. The SMILES string of the molecule is Cc1ccc(C)c(Cc2ccc3nc(C)sc3c2)c1. The van der Waals surface area contributed by atoms with Crippen molar-refractivity contribution in [3.63, 3.8) is 0 Å². The number of rotatable bonds is 2. The molecule has 1 heterocycles. The highest BCUT2D eigenvalue weighted by Gasteiger charge is 2.04. The van der Waals surface area contributed by atoms with Crippen LogP contribution >= 0.6 is 11.3 Å². The number of hydrogen-bond donors (Lipinski definition) is 0. The van der Waals surface area contributed by atoms with Gasteiger partial charge in [0.15, 0.2) is 0 Å². The molecule has 2 heteroatoms. The molecule has 0 saturated carbocycles. The Bertz CT molecular complexity index is 740. The number of thiazole rings is 1. The Morgan fingerprint density at radius 3 is 2.68 bits per heavy atom. The van der Waals surface area contributed by atoms with Gasteiger partial charge in [0.05, 0.1) is 15.2 Å². The third-order valence-corrected chi connectivity index (χ3v) is 4.39. The maximum Gasteiger partial charge on any atom is 0.0907 e. The van der Waals surface area contributed by atoms with Crippen molar-refractivity contribution in [3.05, 3.63) is 63.7 Å². The number of aryl methyl sites for hydroxylation is 3. The first-order valence-electron chi connectivity index (χ1n) is 6.54. The van der Waals surface area contributed by atoms with Crippen molar-refractivity contribution in [3.8, 4) is 0 Å². The smallest absolute Gasteiger partial charge is 0.0907 e. The van der Waals surface area contributed by atoms with Gasteiger partial charge in [-0.1, -0.05) is 29.8 Å². The second-order valence-electron chi connectivity index (χ2n) is 5.14. The lowest BCUT2D eigenvalue weighted by Crippen LogP contribution is -1.92. The fourth-order valence-corrected chi connectivity index (χ4v) is 3.30. The van der Waals surface area contributed by atoms with E-state index in [2.05, 4.69) is 62.2 Å². The Hall–Kier alpha value is -1.67. The van der Waals surface area contributed by atoms with Gasteiger partial charge >= 0.3 is 0 Å². The normalized spacial score (nSPS) is 11.1. The van der Waals surface area contributed by atoms with E-state index in [9.17, 15) is 0 Å². The van der Waals surface area contributed by atoms with E-state index in [0.29, 0.717) is 0 Å². The second-order valence-corrected chi connectivity index (χ2v) is 6.38. The molecule has 0 amide bonds. The summed E-state index contributed by atoms with van der Waals surface area (Å²) in [6, 6.07) is 13.3. The van der Waals surface area contributed by atoms with E-state index < -0.39 is 0 Å². The lowest BCUT2D eigenvalue weighted by Gasteiger charge is -2.07. The molecule has 96 valence electrons. The van der Waals surface area contributed by atoms with Crippen molar-refractivity contribution in [2.45, 2.75) is 27.2 Å². The van der Waals surface area contributed by atoms with Crippen LogP contribution in [0.3, 0.4) is 0 Å². The molecule has 0 aliphatic heterocycles. The lowest BCUT2D eigenvalue weighted by atomic mass is 9.99. The molecule has 0 fully saturated rings. The average molecular weight is 267 g/mol. The van der Waals surface area contributed by atoms with Crippen LogP contribution in [0.2, 0.25) is 0 Å². The minimum Gasteiger partial charge on any atom is -0.242 e. The van der Waals surface area contributed by atoms with Crippen LogP contribution < -0.4 is 0 Å². The van der Waals surface area contributed by atoms with E-state index in [0.717, 1.165) is 16.9 Å². The van der Waals surface area contributed by atoms with E-state index in [1.54, 1.807) is 11.3 Å². The van der Waals surface area contributed by atoms with Crippen LogP contribution in [0.15, 0.2) is 36.4 Å². The van der Waals surface area contributed by atoms with Gasteiger partial charge in [-0.3, -0.25) is 0 Å². The molecule has 1 aromatic heterocycles. The summed E-state index contributed by atoms with van der Waals surface area (Å²) >= 11 is 1.77. The highest BCUT2D eigenvalue weighted by atomic mass is 32.1. The predicted octanol–water partition coefficient (Wildman–Crippen LogP) is 4.81. The van der Waals surface area contributed by atoms with Gasteiger partial charge in [-0.05, 0) is 56.0 Å². The van der Waals surface area contributed by atoms with Crippen molar-refractivity contribution < 1.29 is 0 Å². The van der Waals surface area contributed by atoms with Gasteiger partial charge in [-0.2, -0.15) is 0 Å². The summed E-state index contributed by atoms with van der Waals surface area (Å²) in [6.45, 7) is 6.40. The van der Waals surface area contributed by atoms with Gasteiger partial charge in [0.2, 0.25) is 0 Å². The number of benzene rings is 2. The number of hydrogen-bond acceptors (Lipinski definition) is 2. The maximum absolute atomic E-state index is 4.51. The van der Waals surface area contributed by atoms with Crippen LogP contribution in [-0.2, 0) is 6.42 Å². The van der Waals surface area contributed by atoms with E-state index >= 15 is 0 Å². The first kappa shape index (κ1) is 12.4. The summed E-state index contributed by atoms with van der Waals surface area (Å²) in [7, 11) is 0. The van der Waals surface area contributed by atoms with Gasteiger partial charge in [0, 0.05) is 0 Å². The van der Waals surface area contributed by atoms with Gasteiger partial charge in [-0.15, -0.1) is 11.3 Å². The minimum atomic E-state index is 1.00. The monoisotopic (exact) mass is 267 g/mol. The molecule has 0 unspecified atom stereocenters. The molecule has 0 saturated heterocycles. The molecule has 0 spiro atoms. The number of aromatic nitrogens is 1. The summed E-state index contributed by atoms with van der Waals surface area (Å²) in [5.41, 5.74) is 6.60. The van der Waals surface area contributed by atoms with Crippen LogP contribution in [0.25, 0.3) is 10.2 Å². The molecule has 0 radical (unpaired) electrons. The third kappa shape index (κ3) is 2.54. The summed E-state index contributed by atoms with van der Waals surface area (Å²) in [6.07, 6.45) is 1.00. The zero-order valence-electron chi connectivity index (χ0n) is 11.5. The molecule has 3 aromatic rings. The van der Waals surface area contributed by atoms with E-state index in [1.165, 1.54) is 27.0 Å². The van der Waals surface area contributed by atoms with E-state index in [1.807, 2.05) is 0 Å². The number of nitrogens with zero attached hydrogens (tertiary/aromatic N) is 1. The van der Waals surface area contributed by atoms with Crippen molar-refractivity contribution in [1.82, 2.24) is 4.98 Å². The minimum absolute atomic E-state index is 1.00. The molecular weight excluding hydrogens is 250 g/mol. The Labute approximate surface area is 117 Å². The van der Waals surface area contributed by atoms with Crippen molar-refractivity contribution >= 4 is 21.6 Å². The summed E-state index contributed by atoms with van der Waals surface area (Å²) in [5.74, 6) is 0. The molecule has 19 heavy (non-hydrogen) atoms. The topological polar surface area (TPSA) is 12.9 Å². The molecule has 0 bridgehead atoms. The van der Waals surface area contributed by atoms with Crippen LogP contribution in [0.1, 0.15) is 27.3 Å². The quantitative estimate of drug-likeness (QED) is 0.649. The van der Waals surface area contributed by atoms with Crippen LogP contribution in [0.4, 0.5) is 0 Å². The zero-order chi connectivity index (χ0) is 13.4. The molecule has 1 nitrogen and oxygen atoms in total. The summed E-state index contributed by atoms with van der Waals surface area (Å²) < 4.78 is 1.29. The second kappa shape index (κ2) is 4.78. The van der Waals surface area contributed by atoms with Crippen LogP contribution in [-0.4, -0.2) is 4.98 Å². The lowest BCUT2D eigenvalue weighted by molar-refractivity contribution is 1.15. The van der Waals surface area contributed by atoms with Crippen LogP contribution in [0.5, 0.6) is 0 Å². The van der Waals surface area contributed by atoms with Crippen molar-refractivity contribution in [1.29, 1.82) is 0 Å². The Balaban J connectivity index is 1.98. The zero-order valence-corrected chi connectivity index (χ0v) is 12.3.